The van der Waals surface area contributed by atoms with Crippen LogP contribution in [-0.2, 0) is 6.54 Å². The van der Waals surface area contributed by atoms with E-state index >= 15 is 0 Å². The van der Waals surface area contributed by atoms with Crippen LogP contribution in [0.4, 0.5) is 0 Å². The minimum Gasteiger partial charge on any atom is -0.314 e. The Morgan fingerprint density at radius 3 is 2.80 bits per heavy atom. The standard InChI is InChI=1S/C17H25BrN2/c1-14-5-6-15(11-16(14)18)12-20-10-9-19-13-17(20)7-3-2-4-8-17/h5-6,11,19H,2-4,7-10,12-13H2,1H3. The van der Waals surface area contributed by atoms with Gasteiger partial charge in [-0.25, -0.2) is 0 Å². The van der Waals surface area contributed by atoms with E-state index in [2.05, 4.69) is 51.3 Å². The van der Waals surface area contributed by atoms with Crippen LogP contribution in [0, 0.1) is 6.92 Å². The van der Waals surface area contributed by atoms with Crippen LogP contribution in [0.5, 0.6) is 0 Å². The number of hydrogen-bond acceptors (Lipinski definition) is 2. The van der Waals surface area contributed by atoms with Crippen molar-refractivity contribution >= 4 is 15.9 Å². The van der Waals surface area contributed by atoms with Gasteiger partial charge in [-0.05, 0) is 37.0 Å². The summed E-state index contributed by atoms with van der Waals surface area (Å²) < 4.78 is 1.24. The number of nitrogens with one attached hydrogen (secondary N) is 1. The van der Waals surface area contributed by atoms with Crippen molar-refractivity contribution in [1.29, 1.82) is 0 Å². The molecular formula is C17H25BrN2. The van der Waals surface area contributed by atoms with Crippen molar-refractivity contribution in [1.82, 2.24) is 10.2 Å². The Kier molecular flexibility index (Phi) is 4.49. The molecule has 0 unspecified atom stereocenters. The first-order chi connectivity index (χ1) is 9.70. The van der Waals surface area contributed by atoms with E-state index in [1.165, 1.54) is 60.8 Å². The highest BCUT2D eigenvalue weighted by molar-refractivity contribution is 9.10. The molecule has 110 valence electrons. The Morgan fingerprint density at radius 1 is 1.25 bits per heavy atom. The molecule has 2 fully saturated rings. The van der Waals surface area contributed by atoms with Crippen molar-refractivity contribution in [2.45, 2.75) is 51.1 Å². The van der Waals surface area contributed by atoms with Gasteiger partial charge in [-0.2, -0.15) is 0 Å². The lowest BCUT2D eigenvalue weighted by molar-refractivity contribution is 0.0209. The molecule has 1 aromatic carbocycles. The molecule has 0 amide bonds. The normalized spacial score (nSPS) is 23.1. The smallest absolute Gasteiger partial charge is 0.0338 e. The van der Waals surface area contributed by atoms with E-state index in [1.807, 2.05) is 0 Å². The zero-order chi connectivity index (χ0) is 14.0. The van der Waals surface area contributed by atoms with E-state index in [0.29, 0.717) is 5.54 Å². The van der Waals surface area contributed by atoms with Crippen LogP contribution in [0.1, 0.15) is 43.2 Å². The molecule has 1 aliphatic heterocycles. The Hall–Kier alpha value is -0.380. The molecule has 1 saturated carbocycles. The fraction of sp³-hybridized carbons (Fsp3) is 0.647. The number of rotatable bonds is 2. The van der Waals surface area contributed by atoms with Gasteiger partial charge in [0.05, 0.1) is 0 Å². The Balaban J connectivity index is 1.77. The molecule has 0 radical (unpaired) electrons. The molecule has 0 atom stereocenters. The third-order valence-corrected chi connectivity index (χ3v) is 5.93. The number of benzene rings is 1. The van der Waals surface area contributed by atoms with Crippen LogP contribution in [0.3, 0.4) is 0 Å². The van der Waals surface area contributed by atoms with E-state index in [0.717, 1.165) is 13.1 Å². The molecule has 2 aliphatic rings. The maximum Gasteiger partial charge on any atom is 0.0338 e. The molecule has 20 heavy (non-hydrogen) atoms. The zero-order valence-electron chi connectivity index (χ0n) is 12.4. The highest BCUT2D eigenvalue weighted by Crippen LogP contribution is 2.35. The number of halogens is 1. The number of piperazine rings is 1. The fourth-order valence-corrected chi connectivity index (χ4v) is 4.22. The summed E-state index contributed by atoms with van der Waals surface area (Å²) in [6.07, 6.45) is 6.96. The van der Waals surface area contributed by atoms with E-state index in [4.69, 9.17) is 0 Å². The summed E-state index contributed by atoms with van der Waals surface area (Å²) >= 11 is 3.67. The molecule has 1 saturated heterocycles. The second kappa shape index (κ2) is 6.17. The highest BCUT2D eigenvalue weighted by atomic mass is 79.9. The van der Waals surface area contributed by atoms with Gasteiger partial charge in [0.2, 0.25) is 0 Å². The van der Waals surface area contributed by atoms with Crippen LogP contribution < -0.4 is 5.32 Å². The average molecular weight is 337 g/mol. The first-order valence-corrected chi connectivity index (χ1v) is 8.70. The Bertz CT molecular complexity index is 458. The first-order valence-electron chi connectivity index (χ1n) is 7.90. The van der Waals surface area contributed by atoms with Crippen molar-refractivity contribution in [2.24, 2.45) is 0 Å². The molecule has 3 rings (SSSR count). The van der Waals surface area contributed by atoms with Crippen LogP contribution in [0.2, 0.25) is 0 Å². The van der Waals surface area contributed by atoms with Gasteiger partial charge in [0, 0.05) is 36.2 Å². The average Bonchev–Trinajstić information content (AvgIpc) is 2.47. The van der Waals surface area contributed by atoms with Gasteiger partial charge in [-0.3, -0.25) is 4.90 Å². The topological polar surface area (TPSA) is 15.3 Å². The monoisotopic (exact) mass is 336 g/mol. The van der Waals surface area contributed by atoms with Crippen molar-refractivity contribution in [3.63, 3.8) is 0 Å². The van der Waals surface area contributed by atoms with E-state index in [-0.39, 0.29) is 0 Å². The van der Waals surface area contributed by atoms with Crippen molar-refractivity contribution in [3.05, 3.63) is 33.8 Å². The lowest BCUT2D eigenvalue weighted by Crippen LogP contribution is -2.61. The second-order valence-electron chi connectivity index (χ2n) is 6.47. The summed E-state index contributed by atoms with van der Waals surface area (Å²) in [7, 11) is 0. The molecule has 0 bridgehead atoms. The molecule has 1 heterocycles. The molecule has 1 aromatic rings. The zero-order valence-corrected chi connectivity index (χ0v) is 14.0. The van der Waals surface area contributed by atoms with Gasteiger partial charge < -0.3 is 5.32 Å². The van der Waals surface area contributed by atoms with Crippen LogP contribution in [-0.4, -0.2) is 30.1 Å². The lowest BCUT2D eigenvalue weighted by atomic mass is 9.79. The summed E-state index contributed by atoms with van der Waals surface area (Å²) in [5, 5.41) is 3.63. The lowest BCUT2D eigenvalue weighted by Gasteiger charge is -2.50. The van der Waals surface area contributed by atoms with Crippen LogP contribution in [0.15, 0.2) is 22.7 Å². The van der Waals surface area contributed by atoms with Gasteiger partial charge in [-0.1, -0.05) is 47.3 Å². The molecule has 1 spiro atoms. The van der Waals surface area contributed by atoms with Gasteiger partial charge in [-0.15, -0.1) is 0 Å². The largest absolute Gasteiger partial charge is 0.314 e. The quantitative estimate of drug-likeness (QED) is 0.881. The predicted octanol–water partition coefficient (Wildman–Crippen LogP) is 3.87. The summed E-state index contributed by atoms with van der Waals surface area (Å²) in [5.74, 6) is 0. The molecule has 1 N–H and O–H groups in total. The van der Waals surface area contributed by atoms with E-state index in [9.17, 15) is 0 Å². The molecule has 1 aliphatic carbocycles. The molecule has 0 aromatic heterocycles. The predicted molar refractivity (Wildman–Crippen MR) is 88.0 cm³/mol. The van der Waals surface area contributed by atoms with Crippen molar-refractivity contribution in [3.8, 4) is 0 Å². The minimum absolute atomic E-state index is 0.424. The van der Waals surface area contributed by atoms with Gasteiger partial charge >= 0.3 is 0 Å². The third-order valence-electron chi connectivity index (χ3n) is 5.08. The van der Waals surface area contributed by atoms with Crippen LogP contribution in [0.25, 0.3) is 0 Å². The summed E-state index contributed by atoms with van der Waals surface area (Å²) in [6.45, 7) is 6.75. The molecule has 2 nitrogen and oxygen atoms in total. The van der Waals surface area contributed by atoms with Gasteiger partial charge in [0.25, 0.3) is 0 Å². The van der Waals surface area contributed by atoms with Crippen LogP contribution >= 0.6 is 15.9 Å². The van der Waals surface area contributed by atoms with Crippen molar-refractivity contribution in [2.75, 3.05) is 19.6 Å². The summed E-state index contributed by atoms with van der Waals surface area (Å²) in [4.78, 5) is 2.75. The van der Waals surface area contributed by atoms with Gasteiger partial charge in [0.15, 0.2) is 0 Å². The second-order valence-corrected chi connectivity index (χ2v) is 7.32. The SMILES string of the molecule is Cc1ccc(CN2CCNCC23CCCCC3)cc1Br. The van der Waals surface area contributed by atoms with Gasteiger partial charge in [0.1, 0.15) is 0 Å². The van der Waals surface area contributed by atoms with Crippen molar-refractivity contribution < 1.29 is 0 Å². The first kappa shape index (κ1) is 14.6. The fourth-order valence-electron chi connectivity index (χ4n) is 3.79. The Labute approximate surface area is 131 Å². The molecular weight excluding hydrogens is 312 g/mol. The Morgan fingerprint density at radius 2 is 2.05 bits per heavy atom. The minimum atomic E-state index is 0.424. The third kappa shape index (κ3) is 2.95. The number of hydrogen-bond donors (Lipinski definition) is 1. The number of aryl methyl sites for hydroxylation is 1. The van der Waals surface area contributed by atoms with E-state index < -0.39 is 0 Å². The highest BCUT2D eigenvalue weighted by Gasteiger charge is 2.39. The maximum absolute atomic E-state index is 3.67. The maximum atomic E-state index is 3.67. The van der Waals surface area contributed by atoms with E-state index in [1.54, 1.807) is 0 Å². The molecule has 3 heteroatoms. The summed E-state index contributed by atoms with van der Waals surface area (Å²) in [5.41, 5.74) is 3.18. The number of nitrogens with zero attached hydrogens (tertiary/aromatic N) is 1. The summed E-state index contributed by atoms with van der Waals surface area (Å²) in [6, 6.07) is 6.82.